The molecule has 0 aliphatic carbocycles. The van der Waals surface area contributed by atoms with E-state index in [1.165, 1.54) is 4.90 Å². The molecule has 0 heterocycles. The Morgan fingerprint density at radius 2 is 1.77 bits per heavy atom. The summed E-state index contributed by atoms with van der Waals surface area (Å²) in [4.78, 5) is 23.5. The number of carbonyl (C=O) groups is 2. The summed E-state index contributed by atoms with van der Waals surface area (Å²) in [5.74, 6) is -0.141. The second-order valence-electron chi connectivity index (χ2n) is 3.40. The predicted octanol–water partition coefficient (Wildman–Crippen LogP) is 0.316. The van der Waals surface area contributed by atoms with Crippen LogP contribution >= 0.6 is 0 Å². The molecular weight excluding hydrogens is 170 g/mol. The average molecular weight is 187 g/mol. The average Bonchev–Trinajstić information content (AvgIpc) is 2.03. The first-order chi connectivity index (χ1) is 5.95. The zero-order chi connectivity index (χ0) is 10.4. The zero-order valence-corrected chi connectivity index (χ0v) is 8.66. The summed E-state index contributed by atoms with van der Waals surface area (Å²) in [5, 5.41) is 0. The molecule has 0 atom stereocenters. The Kier molecular flexibility index (Phi) is 5.30. The second kappa shape index (κ2) is 5.70. The number of Topliss-reactive ketones (excluding diaryl/α,β-unsaturated/α-hetero) is 1. The first-order valence-electron chi connectivity index (χ1n) is 4.25. The van der Waals surface area contributed by atoms with E-state index in [9.17, 15) is 9.59 Å². The van der Waals surface area contributed by atoms with Gasteiger partial charge in [-0.2, -0.15) is 0 Å². The van der Waals surface area contributed by atoms with E-state index in [4.69, 9.17) is 4.74 Å². The van der Waals surface area contributed by atoms with Crippen molar-refractivity contribution >= 4 is 11.7 Å². The Bertz CT molecular complexity index is 167. The highest BCUT2D eigenvalue weighted by molar-refractivity contribution is 5.82. The molecule has 4 heteroatoms. The number of amides is 1. The van der Waals surface area contributed by atoms with E-state index < -0.39 is 0 Å². The zero-order valence-electron chi connectivity index (χ0n) is 8.66. The van der Waals surface area contributed by atoms with Crippen molar-refractivity contribution in [1.82, 2.24) is 4.90 Å². The molecule has 0 aromatic rings. The first-order valence-corrected chi connectivity index (χ1v) is 4.25. The number of rotatable bonds is 5. The van der Waals surface area contributed by atoms with Gasteiger partial charge in [-0.1, -0.05) is 13.8 Å². The van der Waals surface area contributed by atoms with E-state index in [-0.39, 0.29) is 30.8 Å². The van der Waals surface area contributed by atoms with Crippen LogP contribution in [0.1, 0.15) is 13.8 Å². The fraction of sp³-hybridized carbons (Fsp3) is 0.778. The predicted molar refractivity (Wildman–Crippen MR) is 49.4 cm³/mol. The van der Waals surface area contributed by atoms with Gasteiger partial charge >= 0.3 is 0 Å². The summed E-state index contributed by atoms with van der Waals surface area (Å²) < 4.78 is 4.94. The van der Waals surface area contributed by atoms with Crippen molar-refractivity contribution in [3.05, 3.63) is 0 Å². The lowest BCUT2D eigenvalue weighted by Crippen LogP contribution is -2.28. The minimum atomic E-state index is -0.128. The third-order valence-corrected chi connectivity index (χ3v) is 1.61. The van der Waals surface area contributed by atoms with Crippen molar-refractivity contribution in [3.8, 4) is 0 Å². The van der Waals surface area contributed by atoms with Gasteiger partial charge in [-0.05, 0) is 0 Å². The molecule has 0 bridgehead atoms. The smallest absolute Gasteiger partial charge is 0.248 e. The van der Waals surface area contributed by atoms with Crippen LogP contribution in [0.5, 0.6) is 0 Å². The maximum atomic E-state index is 11.0. The SMILES string of the molecule is CC(C)C(=O)COCC(=O)N(C)C. The molecular formula is C9H17NO3. The molecule has 13 heavy (non-hydrogen) atoms. The van der Waals surface area contributed by atoms with Crippen molar-refractivity contribution in [3.63, 3.8) is 0 Å². The number of likely N-dealkylation sites (N-methyl/N-ethyl adjacent to an activating group) is 1. The molecule has 76 valence electrons. The molecule has 0 aromatic heterocycles. The standard InChI is InChI=1S/C9H17NO3/c1-7(2)8(11)5-13-6-9(12)10(3)4/h7H,5-6H2,1-4H3. The number of hydrogen-bond acceptors (Lipinski definition) is 3. The molecule has 0 radical (unpaired) electrons. The molecule has 0 aliphatic rings. The third kappa shape index (κ3) is 5.36. The Morgan fingerprint density at radius 1 is 1.23 bits per heavy atom. The molecule has 0 saturated carbocycles. The van der Waals surface area contributed by atoms with Crippen LogP contribution in [0, 0.1) is 5.92 Å². The van der Waals surface area contributed by atoms with Crippen molar-refractivity contribution in [2.45, 2.75) is 13.8 Å². The molecule has 4 nitrogen and oxygen atoms in total. The van der Waals surface area contributed by atoms with Gasteiger partial charge in [-0.3, -0.25) is 9.59 Å². The van der Waals surface area contributed by atoms with Crippen LogP contribution in [-0.4, -0.2) is 43.9 Å². The number of ether oxygens (including phenoxy) is 1. The summed E-state index contributed by atoms with van der Waals surface area (Å²) in [6.07, 6.45) is 0. The van der Waals surface area contributed by atoms with Crippen LogP contribution in [0.25, 0.3) is 0 Å². The number of ketones is 1. The lowest BCUT2D eigenvalue weighted by Gasteiger charge is -2.10. The maximum Gasteiger partial charge on any atom is 0.248 e. The highest BCUT2D eigenvalue weighted by Gasteiger charge is 2.09. The maximum absolute atomic E-state index is 11.0. The van der Waals surface area contributed by atoms with Gasteiger partial charge in [0.2, 0.25) is 5.91 Å². The minimum absolute atomic E-state index is 0.0200. The number of carbonyl (C=O) groups excluding carboxylic acids is 2. The minimum Gasteiger partial charge on any atom is -0.364 e. The normalized spacial score (nSPS) is 10.2. The quantitative estimate of drug-likeness (QED) is 0.622. The van der Waals surface area contributed by atoms with Crippen molar-refractivity contribution in [2.75, 3.05) is 27.3 Å². The Balaban J connectivity index is 3.57. The molecule has 0 aromatic carbocycles. The molecule has 1 amide bonds. The van der Waals surface area contributed by atoms with Crippen molar-refractivity contribution in [2.24, 2.45) is 5.92 Å². The summed E-state index contributed by atoms with van der Waals surface area (Å²) >= 11 is 0. The molecule has 0 rings (SSSR count). The molecule has 0 spiro atoms. The van der Waals surface area contributed by atoms with Gasteiger partial charge in [0, 0.05) is 20.0 Å². The van der Waals surface area contributed by atoms with Crippen LogP contribution in [0.4, 0.5) is 0 Å². The molecule has 0 N–H and O–H groups in total. The van der Waals surface area contributed by atoms with Crippen LogP contribution in [0.3, 0.4) is 0 Å². The lowest BCUT2D eigenvalue weighted by atomic mass is 10.1. The van der Waals surface area contributed by atoms with E-state index >= 15 is 0 Å². The van der Waals surface area contributed by atoms with E-state index in [0.29, 0.717) is 0 Å². The van der Waals surface area contributed by atoms with Crippen LogP contribution < -0.4 is 0 Å². The fourth-order valence-corrected chi connectivity index (χ4v) is 0.535. The Hall–Kier alpha value is -0.900. The van der Waals surface area contributed by atoms with Crippen molar-refractivity contribution < 1.29 is 14.3 Å². The highest BCUT2D eigenvalue weighted by atomic mass is 16.5. The van der Waals surface area contributed by atoms with Crippen LogP contribution in [-0.2, 0) is 14.3 Å². The monoisotopic (exact) mass is 187 g/mol. The largest absolute Gasteiger partial charge is 0.364 e. The second-order valence-corrected chi connectivity index (χ2v) is 3.40. The van der Waals surface area contributed by atoms with Gasteiger partial charge in [0.1, 0.15) is 13.2 Å². The summed E-state index contributed by atoms with van der Waals surface area (Å²) in [6.45, 7) is 3.61. The Morgan fingerprint density at radius 3 is 2.15 bits per heavy atom. The molecule has 0 saturated heterocycles. The van der Waals surface area contributed by atoms with Crippen molar-refractivity contribution in [1.29, 1.82) is 0 Å². The number of hydrogen-bond donors (Lipinski definition) is 0. The topological polar surface area (TPSA) is 46.6 Å². The summed E-state index contributed by atoms with van der Waals surface area (Å²) in [7, 11) is 3.30. The number of nitrogens with zero attached hydrogens (tertiary/aromatic N) is 1. The van der Waals surface area contributed by atoms with Gasteiger partial charge in [-0.25, -0.2) is 0 Å². The van der Waals surface area contributed by atoms with Gasteiger partial charge in [0.15, 0.2) is 5.78 Å². The molecule has 0 unspecified atom stereocenters. The lowest BCUT2D eigenvalue weighted by molar-refractivity contribution is -0.136. The van der Waals surface area contributed by atoms with E-state index in [1.54, 1.807) is 27.9 Å². The van der Waals surface area contributed by atoms with Crippen LogP contribution in [0.15, 0.2) is 0 Å². The highest BCUT2D eigenvalue weighted by Crippen LogP contribution is 1.94. The third-order valence-electron chi connectivity index (χ3n) is 1.61. The summed E-state index contributed by atoms with van der Waals surface area (Å²) in [6, 6.07) is 0. The van der Waals surface area contributed by atoms with Gasteiger partial charge in [0.05, 0.1) is 0 Å². The summed E-state index contributed by atoms with van der Waals surface area (Å²) in [5.41, 5.74) is 0. The first kappa shape index (κ1) is 12.1. The van der Waals surface area contributed by atoms with Gasteiger partial charge in [-0.15, -0.1) is 0 Å². The van der Waals surface area contributed by atoms with Gasteiger partial charge < -0.3 is 9.64 Å². The van der Waals surface area contributed by atoms with Gasteiger partial charge in [0.25, 0.3) is 0 Å². The fourth-order valence-electron chi connectivity index (χ4n) is 0.535. The van der Waals surface area contributed by atoms with E-state index in [0.717, 1.165) is 0 Å². The Labute approximate surface area is 78.9 Å². The molecule has 0 fully saturated rings. The van der Waals surface area contributed by atoms with E-state index in [1.807, 2.05) is 0 Å². The molecule has 0 aliphatic heterocycles. The van der Waals surface area contributed by atoms with Crippen LogP contribution in [0.2, 0.25) is 0 Å². The van der Waals surface area contributed by atoms with E-state index in [2.05, 4.69) is 0 Å².